The SMILES string of the molecule is CCOc1ccc(-c2nn(-c3cccc([N+](=O)[O-])c3)cc2C=O)cc1Br. The number of carbonyl (C=O) groups is 1. The Hall–Kier alpha value is -3.00. The minimum absolute atomic E-state index is 0.0454. The number of rotatable bonds is 6. The van der Waals surface area contributed by atoms with Gasteiger partial charge in [0, 0.05) is 23.9 Å². The summed E-state index contributed by atoms with van der Waals surface area (Å²) in [5, 5.41) is 15.4. The molecule has 0 unspecified atom stereocenters. The van der Waals surface area contributed by atoms with Gasteiger partial charge in [-0.3, -0.25) is 14.9 Å². The number of nitrogens with zero attached hydrogens (tertiary/aromatic N) is 3. The van der Waals surface area contributed by atoms with E-state index in [-0.39, 0.29) is 5.69 Å². The van der Waals surface area contributed by atoms with Gasteiger partial charge in [0.1, 0.15) is 11.4 Å². The monoisotopic (exact) mass is 415 g/mol. The molecular weight excluding hydrogens is 402 g/mol. The summed E-state index contributed by atoms with van der Waals surface area (Å²) in [6.45, 7) is 2.44. The zero-order chi connectivity index (χ0) is 18.7. The molecule has 8 heteroatoms. The van der Waals surface area contributed by atoms with E-state index in [1.807, 2.05) is 19.1 Å². The summed E-state index contributed by atoms with van der Waals surface area (Å²) >= 11 is 3.45. The molecule has 0 saturated heterocycles. The van der Waals surface area contributed by atoms with Gasteiger partial charge in [0.15, 0.2) is 6.29 Å². The van der Waals surface area contributed by atoms with E-state index in [0.29, 0.717) is 35.6 Å². The van der Waals surface area contributed by atoms with E-state index in [4.69, 9.17) is 4.74 Å². The first-order valence-electron chi connectivity index (χ1n) is 7.76. The summed E-state index contributed by atoms with van der Waals surface area (Å²) in [5.74, 6) is 0.696. The van der Waals surface area contributed by atoms with Gasteiger partial charge in [-0.25, -0.2) is 4.68 Å². The maximum atomic E-state index is 11.5. The van der Waals surface area contributed by atoms with Gasteiger partial charge >= 0.3 is 0 Å². The molecule has 0 fully saturated rings. The van der Waals surface area contributed by atoms with Crippen LogP contribution in [-0.4, -0.2) is 27.6 Å². The van der Waals surface area contributed by atoms with E-state index in [2.05, 4.69) is 21.0 Å². The number of nitro groups is 1. The first-order chi connectivity index (χ1) is 12.5. The lowest BCUT2D eigenvalue weighted by Gasteiger charge is -2.07. The van der Waals surface area contributed by atoms with Gasteiger partial charge in [-0.2, -0.15) is 5.10 Å². The predicted molar refractivity (Wildman–Crippen MR) is 99.9 cm³/mol. The molecule has 0 aliphatic rings. The van der Waals surface area contributed by atoms with Crippen molar-refractivity contribution in [3.05, 3.63) is 68.8 Å². The van der Waals surface area contributed by atoms with E-state index in [9.17, 15) is 14.9 Å². The quantitative estimate of drug-likeness (QED) is 0.337. The zero-order valence-corrected chi connectivity index (χ0v) is 15.3. The van der Waals surface area contributed by atoms with E-state index >= 15 is 0 Å². The van der Waals surface area contributed by atoms with Crippen molar-refractivity contribution in [2.45, 2.75) is 6.92 Å². The van der Waals surface area contributed by atoms with Crippen molar-refractivity contribution in [2.75, 3.05) is 6.61 Å². The van der Waals surface area contributed by atoms with Gasteiger partial charge < -0.3 is 4.74 Å². The van der Waals surface area contributed by atoms with Gasteiger partial charge in [0.2, 0.25) is 0 Å². The summed E-state index contributed by atoms with van der Waals surface area (Å²) in [6.07, 6.45) is 2.26. The number of carbonyl (C=O) groups excluding carboxylic acids is 1. The minimum atomic E-state index is -0.474. The highest BCUT2D eigenvalue weighted by Gasteiger charge is 2.15. The van der Waals surface area contributed by atoms with Crippen LogP contribution in [0, 0.1) is 10.1 Å². The smallest absolute Gasteiger partial charge is 0.271 e. The average molecular weight is 416 g/mol. The fourth-order valence-electron chi connectivity index (χ4n) is 2.50. The molecule has 7 nitrogen and oxygen atoms in total. The third kappa shape index (κ3) is 3.50. The number of hydrogen-bond acceptors (Lipinski definition) is 5. The molecule has 132 valence electrons. The van der Waals surface area contributed by atoms with E-state index in [1.165, 1.54) is 16.8 Å². The van der Waals surface area contributed by atoms with Crippen LogP contribution in [0.15, 0.2) is 53.1 Å². The van der Waals surface area contributed by atoms with Crippen molar-refractivity contribution < 1.29 is 14.5 Å². The molecule has 0 atom stereocenters. The molecule has 0 aliphatic carbocycles. The Labute approximate surface area is 157 Å². The van der Waals surface area contributed by atoms with Gasteiger partial charge in [-0.15, -0.1) is 0 Å². The molecule has 1 heterocycles. The molecule has 3 rings (SSSR count). The highest BCUT2D eigenvalue weighted by atomic mass is 79.9. The highest BCUT2D eigenvalue weighted by molar-refractivity contribution is 9.10. The number of halogens is 1. The second-order valence-corrected chi connectivity index (χ2v) is 6.20. The number of aldehydes is 1. The number of benzene rings is 2. The molecule has 0 bridgehead atoms. The Balaban J connectivity index is 2.05. The number of nitro benzene ring substituents is 1. The van der Waals surface area contributed by atoms with Gasteiger partial charge in [-0.1, -0.05) is 6.07 Å². The molecule has 1 aromatic heterocycles. The molecule has 0 spiro atoms. The Bertz CT molecular complexity index is 984. The Kier molecular flexibility index (Phi) is 5.13. The normalized spacial score (nSPS) is 10.5. The molecule has 0 radical (unpaired) electrons. The fourth-order valence-corrected chi connectivity index (χ4v) is 2.99. The van der Waals surface area contributed by atoms with Crippen LogP contribution in [0.1, 0.15) is 17.3 Å². The predicted octanol–water partition coefficient (Wildman–Crippen LogP) is 4.42. The highest BCUT2D eigenvalue weighted by Crippen LogP contribution is 2.32. The molecule has 0 amide bonds. The van der Waals surface area contributed by atoms with Crippen molar-refractivity contribution in [2.24, 2.45) is 0 Å². The lowest BCUT2D eigenvalue weighted by atomic mass is 10.1. The van der Waals surface area contributed by atoms with Crippen LogP contribution in [0.5, 0.6) is 5.75 Å². The second-order valence-electron chi connectivity index (χ2n) is 5.35. The summed E-state index contributed by atoms with van der Waals surface area (Å²) in [5.41, 5.74) is 2.05. The van der Waals surface area contributed by atoms with Crippen LogP contribution in [0.2, 0.25) is 0 Å². The summed E-state index contributed by atoms with van der Waals surface area (Å²) in [7, 11) is 0. The van der Waals surface area contributed by atoms with Crippen LogP contribution < -0.4 is 4.74 Å². The minimum Gasteiger partial charge on any atom is -0.493 e. The first-order valence-corrected chi connectivity index (χ1v) is 8.55. The fraction of sp³-hybridized carbons (Fsp3) is 0.111. The van der Waals surface area contributed by atoms with Gasteiger partial charge in [-0.05, 0) is 47.1 Å². The standard InChI is InChI=1S/C18H14BrN3O4/c1-2-26-17-7-6-12(8-16(17)19)18-13(11-23)10-21(20-18)14-4-3-5-15(9-14)22(24)25/h3-11H,2H2,1H3. The molecule has 3 aromatic rings. The topological polar surface area (TPSA) is 87.3 Å². The van der Waals surface area contributed by atoms with E-state index in [0.717, 1.165) is 10.0 Å². The largest absolute Gasteiger partial charge is 0.493 e. The van der Waals surface area contributed by atoms with Crippen LogP contribution in [0.25, 0.3) is 16.9 Å². The van der Waals surface area contributed by atoms with Crippen molar-refractivity contribution in [3.63, 3.8) is 0 Å². The van der Waals surface area contributed by atoms with Crippen molar-refractivity contribution >= 4 is 27.9 Å². The molecular formula is C18H14BrN3O4. The average Bonchev–Trinajstić information content (AvgIpc) is 3.08. The molecule has 0 aliphatic heterocycles. The lowest BCUT2D eigenvalue weighted by Crippen LogP contribution is -1.97. The molecule has 0 saturated carbocycles. The number of aromatic nitrogens is 2. The number of ether oxygens (including phenoxy) is 1. The van der Waals surface area contributed by atoms with Crippen LogP contribution in [0.3, 0.4) is 0 Å². The van der Waals surface area contributed by atoms with Gasteiger partial charge in [0.05, 0.1) is 27.3 Å². The first kappa shape index (κ1) is 17.8. The summed E-state index contributed by atoms with van der Waals surface area (Å²) in [6, 6.07) is 11.5. The Morgan fingerprint density at radius 3 is 2.77 bits per heavy atom. The van der Waals surface area contributed by atoms with Crippen LogP contribution >= 0.6 is 15.9 Å². The van der Waals surface area contributed by atoms with Crippen molar-refractivity contribution in [1.29, 1.82) is 0 Å². The zero-order valence-electron chi connectivity index (χ0n) is 13.8. The number of hydrogen-bond donors (Lipinski definition) is 0. The maximum Gasteiger partial charge on any atom is 0.271 e. The third-order valence-electron chi connectivity index (χ3n) is 3.68. The summed E-state index contributed by atoms with van der Waals surface area (Å²) in [4.78, 5) is 22.0. The van der Waals surface area contributed by atoms with E-state index in [1.54, 1.807) is 24.4 Å². The van der Waals surface area contributed by atoms with Crippen molar-refractivity contribution in [3.8, 4) is 22.7 Å². The second kappa shape index (κ2) is 7.49. The molecule has 26 heavy (non-hydrogen) atoms. The lowest BCUT2D eigenvalue weighted by molar-refractivity contribution is -0.384. The van der Waals surface area contributed by atoms with Crippen LogP contribution in [0.4, 0.5) is 5.69 Å². The van der Waals surface area contributed by atoms with Gasteiger partial charge in [0.25, 0.3) is 5.69 Å². The molecule has 2 aromatic carbocycles. The Morgan fingerprint density at radius 2 is 2.12 bits per heavy atom. The van der Waals surface area contributed by atoms with Crippen molar-refractivity contribution in [1.82, 2.24) is 9.78 Å². The summed E-state index contributed by atoms with van der Waals surface area (Å²) < 4.78 is 7.69. The Morgan fingerprint density at radius 1 is 1.31 bits per heavy atom. The number of non-ortho nitro benzene ring substituents is 1. The third-order valence-corrected chi connectivity index (χ3v) is 4.30. The van der Waals surface area contributed by atoms with Crippen LogP contribution in [-0.2, 0) is 0 Å². The van der Waals surface area contributed by atoms with E-state index < -0.39 is 4.92 Å². The maximum absolute atomic E-state index is 11.5. The molecule has 0 N–H and O–H groups in total.